The van der Waals surface area contributed by atoms with Crippen LogP contribution >= 0.6 is 0 Å². The van der Waals surface area contributed by atoms with Crippen molar-refractivity contribution in [1.82, 2.24) is 0 Å². The first-order valence-electron chi connectivity index (χ1n) is 6.08. The van der Waals surface area contributed by atoms with E-state index in [1.807, 2.05) is 0 Å². The molecule has 0 aliphatic rings. The van der Waals surface area contributed by atoms with Crippen molar-refractivity contribution >= 4 is 15.5 Å². The topological polar surface area (TPSA) is 70.0 Å². The van der Waals surface area contributed by atoms with E-state index in [-0.39, 0.29) is 11.8 Å². The minimum atomic E-state index is -4.58. The fourth-order valence-electron chi connectivity index (χ4n) is 1.72. The van der Waals surface area contributed by atoms with Crippen molar-refractivity contribution in [2.75, 3.05) is 17.3 Å². The summed E-state index contributed by atoms with van der Waals surface area (Å²) in [6.45, 7) is 1.72. The normalized spacial score (nSPS) is 13.5. The van der Waals surface area contributed by atoms with Crippen molar-refractivity contribution in [3.63, 3.8) is 0 Å². The van der Waals surface area contributed by atoms with Crippen LogP contribution in [0.25, 0.3) is 0 Å². The standard InChI is InChI=1S/C13H15F3N2O2S/c1-9(5-6-21(2,19)20)18-11-3-4-12(13(14,15)16)10(7-11)8-17/h3-4,7,9,18H,5-6H2,1-2H3/t9-/m0/s1. The number of halogens is 3. The molecule has 0 aliphatic heterocycles. The smallest absolute Gasteiger partial charge is 0.383 e. The van der Waals surface area contributed by atoms with E-state index in [0.29, 0.717) is 12.1 Å². The highest BCUT2D eigenvalue weighted by molar-refractivity contribution is 7.90. The summed E-state index contributed by atoms with van der Waals surface area (Å²) in [5.41, 5.74) is -1.11. The summed E-state index contributed by atoms with van der Waals surface area (Å²) in [6.07, 6.45) is -3.14. The van der Waals surface area contributed by atoms with Crippen molar-refractivity contribution in [3.8, 4) is 6.07 Å². The molecule has 0 bridgehead atoms. The fourth-order valence-corrected chi connectivity index (χ4v) is 2.50. The van der Waals surface area contributed by atoms with Gasteiger partial charge in [0.05, 0.1) is 22.9 Å². The first-order chi connectivity index (χ1) is 9.53. The SMILES string of the molecule is C[C@@H](CCS(C)(=O)=O)Nc1ccc(C(F)(F)F)c(C#N)c1. The molecule has 0 heterocycles. The van der Waals surface area contributed by atoms with E-state index in [0.717, 1.165) is 18.4 Å². The van der Waals surface area contributed by atoms with Crippen LogP contribution in [0.1, 0.15) is 24.5 Å². The van der Waals surface area contributed by atoms with Gasteiger partial charge in [0.25, 0.3) is 0 Å². The molecule has 1 atom stereocenters. The van der Waals surface area contributed by atoms with Gasteiger partial charge in [0, 0.05) is 18.0 Å². The summed E-state index contributed by atoms with van der Waals surface area (Å²) >= 11 is 0. The summed E-state index contributed by atoms with van der Waals surface area (Å²) in [7, 11) is -3.09. The molecule has 4 nitrogen and oxygen atoms in total. The highest BCUT2D eigenvalue weighted by atomic mass is 32.2. The van der Waals surface area contributed by atoms with Gasteiger partial charge in [-0.05, 0) is 31.5 Å². The van der Waals surface area contributed by atoms with E-state index >= 15 is 0 Å². The van der Waals surface area contributed by atoms with E-state index in [1.165, 1.54) is 12.1 Å². The molecule has 0 radical (unpaired) electrons. The van der Waals surface area contributed by atoms with Crippen LogP contribution < -0.4 is 5.32 Å². The lowest BCUT2D eigenvalue weighted by molar-refractivity contribution is -0.137. The molecule has 1 aromatic carbocycles. The molecule has 0 amide bonds. The summed E-state index contributed by atoms with van der Waals surface area (Å²) in [5.74, 6) is -0.0209. The molecule has 0 saturated heterocycles. The Hall–Kier alpha value is -1.75. The van der Waals surface area contributed by atoms with Gasteiger partial charge in [-0.15, -0.1) is 0 Å². The van der Waals surface area contributed by atoms with Gasteiger partial charge < -0.3 is 5.32 Å². The lowest BCUT2D eigenvalue weighted by Gasteiger charge is -2.16. The van der Waals surface area contributed by atoms with Gasteiger partial charge in [0.1, 0.15) is 9.84 Å². The van der Waals surface area contributed by atoms with Crippen molar-refractivity contribution in [1.29, 1.82) is 5.26 Å². The zero-order valence-corrected chi connectivity index (χ0v) is 12.3. The van der Waals surface area contributed by atoms with Gasteiger partial charge in [-0.3, -0.25) is 0 Å². The highest BCUT2D eigenvalue weighted by Gasteiger charge is 2.33. The summed E-state index contributed by atoms with van der Waals surface area (Å²) in [6, 6.07) is 4.44. The third-order valence-electron chi connectivity index (χ3n) is 2.78. The van der Waals surface area contributed by atoms with Crippen LogP contribution in [0.2, 0.25) is 0 Å². The Morgan fingerprint density at radius 2 is 2.00 bits per heavy atom. The van der Waals surface area contributed by atoms with Crippen molar-refractivity contribution in [3.05, 3.63) is 29.3 Å². The van der Waals surface area contributed by atoms with Crippen molar-refractivity contribution in [2.45, 2.75) is 25.6 Å². The second kappa shape index (κ2) is 6.35. The lowest BCUT2D eigenvalue weighted by atomic mass is 10.1. The molecule has 0 fully saturated rings. The van der Waals surface area contributed by atoms with Crippen LogP contribution in [-0.2, 0) is 16.0 Å². The zero-order chi connectivity index (χ0) is 16.3. The molecule has 0 saturated carbocycles. The number of hydrogen-bond donors (Lipinski definition) is 1. The number of hydrogen-bond acceptors (Lipinski definition) is 4. The molecule has 21 heavy (non-hydrogen) atoms. The number of anilines is 1. The van der Waals surface area contributed by atoms with Crippen LogP contribution in [0.5, 0.6) is 0 Å². The third kappa shape index (κ3) is 5.63. The quantitative estimate of drug-likeness (QED) is 0.905. The van der Waals surface area contributed by atoms with Gasteiger partial charge >= 0.3 is 6.18 Å². The van der Waals surface area contributed by atoms with Crippen LogP contribution in [-0.4, -0.2) is 26.5 Å². The average molecular weight is 320 g/mol. The Labute approximate surface area is 121 Å². The predicted molar refractivity (Wildman–Crippen MR) is 73.6 cm³/mol. The lowest BCUT2D eigenvalue weighted by Crippen LogP contribution is -2.19. The number of benzene rings is 1. The van der Waals surface area contributed by atoms with Gasteiger partial charge in [0.15, 0.2) is 0 Å². The van der Waals surface area contributed by atoms with Gasteiger partial charge in [-0.1, -0.05) is 0 Å². The molecule has 0 unspecified atom stereocenters. The number of nitrogens with one attached hydrogen (secondary N) is 1. The van der Waals surface area contributed by atoms with Gasteiger partial charge in [0.2, 0.25) is 0 Å². The molecule has 1 aromatic rings. The molecule has 0 aromatic heterocycles. The summed E-state index contributed by atoms with van der Waals surface area (Å²) < 4.78 is 60.0. The first-order valence-corrected chi connectivity index (χ1v) is 8.14. The van der Waals surface area contributed by atoms with Crippen LogP contribution in [0.15, 0.2) is 18.2 Å². The number of nitriles is 1. The summed E-state index contributed by atoms with van der Waals surface area (Å²) in [4.78, 5) is 0. The van der Waals surface area contributed by atoms with Gasteiger partial charge in [-0.2, -0.15) is 18.4 Å². The molecule has 0 aliphatic carbocycles. The fraction of sp³-hybridized carbons (Fsp3) is 0.462. The number of nitrogens with zero attached hydrogens (tertiary/aromatic N) is 1. The first kappa shape index (κ1) is 17.3. The Morgan fingerprint density at radius 3 is 2.48 bits per heavy atom. The second-order valence-electron chi connectivity index (χ2n) is 4.83. The molecule has 0 spiro atoms. The minimum Gasteiger partial charge on any atom is -0.383 e. The Bertz CT molecular complexity index is 648. The molecular formula is C13H15F3N2O2S. The summed E-state index contributed by atoms with van der Waals surface area (Å²) in [5, 5.41) is 11.7. The van der Waals surface area contributed by atoms with Crippen LogP contribution in [0.3, 0.4) is 0 Å². The molecular weight excluding hydrogens is 305 g/mol. The van der Waals surface area contributed by atoms with Gasteiger partial charge in [-0.25, -0.2) is 8.42 Å². The molecule has 8 heteroatoms. The number of sulfone groups is 1. The largest absolute Gasteiger partial charge is 0.417 e. The maximum absolute atomic E-state index is 12.6. The Kier molecular flexibility index (Phi) is 5.23. The third-order valence-corrected chi connectivity index (χ3v) is 3.76. The maximum atomic E-state index is 12.6. The van der Waals surface area contributed by atoms with E-state index in [2.05, 4.69) is 5.32 Å². The van der Waals surface area contributed by atoms with Crippen LogP contribution in [0, 0.1) is 11.3 Å². The van der Waals surface area contributed by atoms with E-state index in [1.54, 1.807) is 6.92 Å². The zero-order valence-electron chi connectivity index (χ0n) is 11.5. The van der Waals surface area contributed by atoms with Crippen molar-refractivity contribution < 1.29 is 21.6 Å². The monoisotopic (exact) mass is 320 g/mol. The highest BCUT2D eigenvalue weighted by Crippen LogP contribution is 2.33. The molecule has 1 rings (SSSR count). The molecule has 1 N–H and O–H groups in total. The average Bonchev–Trinajstić information content (AvgIpc) is 2.34. The second-order valence-corrected chi connectivity index (χ2v) is 7.09. The maximum Gasteiger partial charge on any atom is 0.417 e. The Morgan fingerprint density at radius 1 is 1.38 bits per heavy atom. The van der Waals surface area contributed by atoms with E-state index in [4.69, 9.17) is 5.26 Å². The Balaban J connectivity index is 2.85. The van der Waals surface area contributed by atoms with Crippen molar-refractivity contribution in [2.24, 2.45) is 0 Å². The minimum absolute atomic E-state index is 0.0209. The van der Waals surface area contributed by atoms with E-state index < -0.39 is 27.1 Å². The van der Waals surface area contributed by atoms with E-state index in [9.17, 15) is 21.6 Å². The molecule has 116 valence electrons. The number of alkyl halides is 3. The number of rotatable bonds is 5. The van der Waals surface area contributed by atoms with Crippen LogP contribution in [0.4, 0.5) is 18.9 Å². The predicted octanol–water partition coefficient (Wildman–Crippen LogP) is 2.81.